The molecule has 1 saturated heterocycles. The van der Waals surface area contributed by atoms with Gasteiger partial charge in [0.05, 0.1) is 7.11 Å². The molecule has 1 aliphatic heterocycles. The number of piperazine rings is 1. The van der Waals surface area contributed by atoms with Crippen LogP contribution >= 0.6 is 11.3 Å². The van der Waals surface area contributed by atoms with Crippen molar-refractivity contribution in [3.63, 3.8) is 0 Å². The molecule has 0 amide bonds. The molecule has 2 N–H and O–H groups in total. The Labute approximate surface area is 153 Å². The van der Waals surface area contributed by atoms with Crippen LogP contribution in [0.2, 0.25) is 0 Å². The summed E-state index contributed by atoms with van der Waals surface area (Å²) in [7, 11) is 3.55. The molecule has 1 aromatic carbocycles. The quantitative estimate of drug-likeness (QED) is 0.851. The smallest absolute Gasteiger partial charge is 0.341 e. The third-order valence-electron chi connectivity index (χ3n) is 4.70. The van der Waals surface area contributed by atoms with Gasteiger partial charge in [0.1, 0.15) is 10.6 Å². The molecule has 0 bridgehead atoms. The van der Waals surface area contributed by atoms with Gasteiger partial charge in [-0.25, -0.2) is 4.79 Å². The van der Waals surface area contributed by atoms with Crippen LogP contribution in [-0.2, 0) is 11.3 Å². The zero-order valence-corrected chi connectivity index (χ0v) is 15.9. The predicted octanol–water partition coefficient (Wildman–Crippen LogP) is 2.84. The lowest BCUT2D eigenvalue weighted by Gasteiger charge is -2.32. The number of aryl methyl sites for hydroxylation is 1. The molecule has 3 rings (SSSR count). The van der Waals surface area contributed by atoms with Gasteiger partial charge in [-0.1, -0.05) is 29.8 Å². The number of hydrogen-bond acceptors (Lipinski definition) is 6. The maximum atomic E-state index is 12.3. The Kier molecular flexibility index (Phi) is 5.42. The highest BCUT2D eigenvalue weighted by Gasteiger charge is 2.26. The van der Waals surface area contributed by atoms with Gasteiger partial charge in [-0.2, -0.15) is 0 Å². The van der Waals surface area contributed by atoms with E-state index in [4.69, 9.17) is 10.5 Å². The SMILES string of the molecule is COC(=O)c1c(N)sc(CN2CCN(C)CC2)c1-c1ccc(C)cc1. The number of thiophene rings is 1. The number of methoxy groups -OCH3 is 1. The second-order valence-corrected chi connectivity index (χ2v) is 7.71. The summed E-state index contributed by atoms with van der Waals surface area (Å²) in [5.41, 5.74) is 9.83. The number of nitrogen functional groups attached to an aromatic ring is 1. The largest absolute Gasteiger partial charge is 0.465 e. The minimum absolute atomic E-state index is 0.367. The average molecular weight is 359 g/mol. The van der Waals surface area contributed by atoms with E-state index in [-0.39, 0.29) is 5.97 Å². The maximum Gasteiger partial charge on any atom is 0.341 e. The number of nitrogens with zero attached hydrogens (tertiary/aromatic N) is 2. The molecule has 2 heterocycles. The van der Waals surface area contributed by atoms with E-state index < -0.39 is 0 Å². The second-order valence-electron chi connectivity index (χ2n) is 6.58. The zero-order valence-electron chi connectivity index (χ0n) is 15.0. The number of likely N-dealkylation sites (N-methyl/N-ethyl adjacent to an activating group) is 1. The number of carbonyl (C=O) groups is 1. The molecule has 0 spiro atoms. The Morgan fingerprint density at radius 1 is 1.20 bits per heavy atom. The summed E-state index contributed by atoms with van der Waals surface area (Å²) in [5, 5.41) is 0.534. The number of rotatable bonds is 4. The standard InChI is InChI=1S/C19H25N3O2S/c1-13-4-6-14(7-5-13)16-15(12-22-10-8-21(2)9-11-22)25-18(20)17(16)19(23)24-3/h4-7H,8-12,20H2,1-3H3. The number of nitrogens with two attached hydrogens (primary N) is 1. The van der Waals surface area contributed by atoms with Gasteiger partial charge < -0.3 is 15.4 Å². The molecule has 0 saturated carbocycles. The fraction of sp³-hybridized carbons (Fsp3) is 0.421. The van der Waals surface area contributed by atoms with Crippen molar-refractivity contribution in [1.29, 1.82) is 0 Å². The van der Waals surface area contributed by atoms with Gasteiger partial charge in [0.2, 0.25) is 0 Å². The number of carbonyl (C=O) groups excluding carboxylic acids is 1. The van der Waals surface area contributed by atoms with E-state index in [0.717, 1.165) is 48.7 Å². The highest BCUT2D eigenvalue weighted by molar-refractivity contribution is 7.17. The molecule has 2 aromatic rings. The lowest BCUT2D eigenvalue weighted by atomic mass is 9.99. The molecule has 0 atom stereocenters. The van der Waals surface area contributed by atoms with Crippen molar-refractivity contribution in [3.8, 4) is 11.1 Å². The minimum Gasteiger partial charge on any atom is -0.465 e. The summed E-state index contributed by atoms with van der Waals surface area (Å²) in [6.07, 6.45) is 0. The molecule has 1 aromatic heterocycles. The monoisotopic (exact) mass is 359 g/mol. The Balaban J connectivity index is 1.99. The van der Waals surface area contributed by atoms with E-state index in [1.54, 1.807) is 0 Å². The van der Waals surface area contributed by atoms with Gasteiger partial charge >= 0.3 is 5.97 Å². The first kappa shape index (κ1) is 17.9. The fourth-order valence-corrected chi connectivity index (χ4v) is 4.27. The summed E-state index contributed by atoms with van der Waals surface area (Å²) in [5.74, 6) is -0.367. The molecule has 0 unspecified atom stereocenters. The van der Waals surface area contributed by atoms with Gasteiger partial charge in [-0.05, 0) is 19.5 Å². The van der Waals surface area contributed by atoms with Gasteiger partial charge in [0.25, 0.3) is 0 Å². The number of hydrogen-bond donors (Lipinski definition) is 1. The van der Waals surface area contributed by atoms with Crippen LogP contribution in [0.1, 0.15) is 20.8 Å². The second kappa shape index (κ2) is 7.56. The molecule has 5 nitrogen and oxygen atoms in total. The van der Waals surface area contributed by atoms with Crippen LogP contribution in [0.5, 0.6) is 0 Å². The van der Waals surface area contributed by atoms with Gasteiger partial charge in [-0.15, -0.1) is 11.3 Å². The predicted molar refractivity (Wildman–Crippen MR) is 103 cm³/mol. The van der Waals surface area contributed by atoms with Crippen molar-refractivity contribution in [1.82, 2.24) is 9.80 Å². The summed E-state index contributed by atoms with van der Waals surface area (Å²) in [4.78, 5) is 18.2. The van der Waals surface area contributed by atoms with E-state index >= 15 is 0 Å². The van der Waals surface area contributed by atoms with Crippen molar-refractivity contribution >= 4 is 22.3 Å². The number of esters is 1. The van der Waals surface area contributed by atoms with E-state index in [1.807, 2.05) is 0 Å². The van der Waals surface area contributed by atoms with Gasteiger partial charge in [-0.3, -0.25) is 4.90 Å². The van der Waals surface area contributed by atoms with Crippen LogP contribution < -0.4 is 5.73 Å². The zero-order chi connectivity index (χ0) is 18.0. The lowest BCUT2D eigenvalue weighted by molar-refractivity contribution is 0.0603. The summed E-state index contributed by atoms with van der Waals surface area (Å²) >= 11 is 1.50. The Morgan fingerprint density at radius 3 is 2.44 bits per heavy atom. The van der Waals surface area contributed by atoms with Crippen LogP contribution in [0.4, 0.5) is 5.00 Å². The Morgan fingerprint density at radius 2 is 1.84 bits per heavy atom. The van der Waals surface area contributed by atoms with Crippen LogP contribution in [-0.4, -0.2) is 56.1 Å². The molecule has 134 valence electrons. The van der Waals surface area contributed by atoms with Crippen molar-refractivity contribution in [3.05, 3.63) is 40.3 Å². The van der Waals surface area contributed by atoms with Gasteiger partial charge in [0.15, 0.2) is 0 Å². The van der Waals surface area contributed by atoms with Crippen molar-refractivity contribution in [2.24, 2.45) is 0 Å². The first-order valence-corrected chi connectivity index (χ1v) is 9.28. The lowest BCUT2D eigenvalue weighted by Crippen LogP contribution is -2.43. The summed E-state index contributed by atoms with van der Waals surface area (Å²) in [6, 6.07) is 8.22. The average Bonchev–Trinajstić information content (AvgIpc) is 2.93. The molecule has 25 heavy (non-hydrogen) atoms. The number of anilines is 1. The van der Waals surface area contributed by atoms with Crippen LogP contribution in [0.3, 0.4) is 0 Å². The van der Waals surface area contributed by atoms with Crippen molar-refractivity contribution in [2.75, 3.05) is 46.1 Å². The van der Waals surface area contributed by atoms with Crippen molar-refractivity contribution < 1.29 is 9.53 Å². The first-order valence-electron chi connectivity index (χ1n) is 8.47. The molecular formula is C19H25N3O2S. The summed E-state index contributed by atoms with van der Waals surface area (Å²) < 4.78 is 4.99. The van der Waals surface area contributed by atoms with E-state index in [2.05, 4.69) is 48.0 Å². The maximum absolute atomic E-state index is 12.3. The van der Waals surface area contributed by atoms with Crippen LogP contribution in [0.25, 0.3) is 11.1 Å². The Bertz CT molecular complexity index is 747. The third-order valence-corrected chi connectivity index (χ3v) is 5.70. The molecule has 6 heteroatoms. The number of benzene rings is 1. The molecule has 0 radical (unpaired) electrons. The topological polar surface area (TPSA) is 58.8 Å². The molecule has 1 aliphatic rings. The van der Waals surface area contributed by atoms with Crippen LogP contribution in [0, 0.1) is 6.92 Å². The third kappa shape index (κ3) is 3.86. The first-order chi connectivity index (χ1) is 12.0. The molecule has 1 fully saturated rings. The van der Waals surface area contributed by atoms with E-state index in [0.29, 0.717) is 10.6 Å². The number of ether oxygens (including phenoxy) is 1. The normalized spacial score (nSPS) is 16.1. The summed E-state index contributed by atoms with van der Waals surface area (Å²) in [6.45, 7) is 7.03. The molecular weight excluding hydrogens is 334 g/mol. The van der Waals surface area contributed by atoms with E-state index in [1.165, 1.54) is 24.0 Å². The van der Waals surface area contributed by atoms with Gasteiger partial charge in [0, 0.05) is 43.2 Å². The van der Waals surface area contributed by atoms with Crippen molar-refractivity contribution in [2.45, 2.75) is 13.5 Å². The minimum atomic E-state index is -0.367. The Hall–Kier alpha value is -1.89. The highest BCUT2D eigenvalue weighted by Crippen LogP contribution is 2.40. The fourth-order valence-electron chi connectivity index (χ4n) is 3.15. The molecule has 0 aliphatic carbocycles. The highest BCUT2D eigenvalue weighted by atomic mass is 32.1. The van der Waals surface area contributed by atoms with E-state index in [9.17, 15) is 4.79 Å². The van der Waals surface area contributed by atoms with Crippen LogP contribution in [0.15, 0.2) is 24.3 Å².